The van der Waals surface area contributed by atoms with Gasteiger partial charge in [0.05, 0.1) is 26.5 Å². The number of hydrogen-bond donors (Lipinski definition) is 2. The first kappa shape index (κ1) is 12.4. The van der Waals surface area contributed by atoms with Gasteiger partial charge < -0.3 is 14.9 Å². The molecule has 76 valence electrons. The largest absolute Gasteiger partial charge is 0.394 e. The number of alkyl halides is 1. The van der Waals surface area contributed by atoms with E-state index < -0.39 is 12.3 Å². The SMILES string of the molecule is C#CCC(O)(CC[18F])COCCO. The van der Waals surface area contributed by atoms with Crippen LogP contribution in [-0.4, -0.2) is 42.3 Å². The highest BCUT2D eigenvalue weighted by Gasteiger charge is 2.25. The molecule has 0 aromatic carbocycles. The predicted molar refractivity (Wildman–Crippen MR) is 46.9 cm³/mol. The lowest BCUT2D eigenvalue weighted by molar-refractivity contribution is -0.0569. The molecule has 0 bridgehead atoms. The van der Waals surface area contributed by atoms with E-state index in [1.165, 1.54) is 0 Å². The highest BCUT2D eigenvalue weighted by molar-refractivity contribution is 4.95. The Labute approximate surface area is 77.5 Å². The minimum atomic E-state index is -1.29. The number of aliphatic hydroxyl groups is 2. The van der Waals surface area contributed by atoms with Gasteiger partial charge in [-0.1, -0.05) is 0 Å². The van der Waals surface area contributed by atoms with Gasteiger partial charge in [0.1, 0.15) is 5.60 Å². The minimum absolute atomic E-state index is 0.0391. The molecule has 0 heterocycles. The van der Waals surface area contributed by atoms with Gasteiger partial charge in [-0.25, -0.2) is 0 Å². The second-order valence-corrected chi connectivity index (χ2v) is 2.82. The molecule has 0 aliphatic rings. The number of ether oxygens (including phenoxy) is 1. The third-order valence-corrected chi connectivity index (χ3v) is 1.60. The van der Waals surface area contributed by atoms with E-state index in [4.69, 9.17) is 16.3 Å². The molecule has 0 aliphatic heterocycles. The van der Waals surface area contributed by atoms with Crippen LogP contribution < -0.4 is 0 Å². The van der Waals surface area contributed by atoms with Crippen LogP contribution >= 0.6 is 0 Å². The van der Waals surface area contributed by atoms with Gasteiger partial charge in [-0.3, -0.25) is 4.39 Å². The molecule has 1 atom stereocenters. The molecule has 0 radical (unpaired) electrons. The molecule has 0 aliphatic carbocycles. The molecule has 0 fully saturated rings. The maximum Gasteiger partial charge on any atom is 0.101 e. The maximum atomic E-state index is 12.0. The first-order valence-electron chi connectivity index (χ1n) is 4.09. The summed E-state index contributed by atoms with van der Waals surface area (Å²) in [4.78, 5) is 0. The van der Waals surface area contributed by atoms with E-state index in [1.807, 2.05) is 0 Å². The summed E-state index contributed by atoms with van der Waals surface area (Å²) in [7, 11) is 0. The molecule has 0 aromatic rings. The third kappa shape index (κ3) is 5.58. The van der Waals surface area contributed by atoms with Crippen LogP contribution in [0.25, 0.3) is 0 Å². The predicted octanol–water partition coefficient (Wildman–Crippen LogP) is 0.109. The van der Waals surface area contributed by atoms with E-state index in [9.17, 15) is 9.50 Å². The molecule has 0 saturated carbocycles. The minimum Gasteiger partial charge on any atom is -0.394 e. The molecular weight excluding hydrogens is 174 g/mol. The summed E-state index contributed by atoms with van der Waals surface area (Å²) in [6, 6.07) is 0. The van der Waals surface area contributed by atoms with Crippen molar-refractivity contribution < 1.29 is 19.3 Å². The van der Waals surface area contributed by atoms with E-state index in [0.29, 0.717) is 0 Å². The average Bonchev–Trinajstić information content (AvgIpc) is 2.05. The Hall–Kier alpha value is -0.630. The van der Waals surface area contributed by atoms with Gasteiger partial charge in [0.15, 0.2) is 0 Å². The van der Waals surface area contributed by atoms with Crippen molar-refractivity contribution in [1.82, 2.24) is 0 Å². The Kier molecular flexibility index (Phi) is 6.51. The Bertz CT molecular complexity index is 167. The zero-order chi connectivity index (χ0) is 10.2. The molecule has 4 heteroatoms. The van der Waals surface area contributed by atoms with Crippen molar-refractivity contribution >= 4 is 0 Å². The molecule has 0 spiro atoms. The highest BCUT2D eigenvalue weighted by Crippen LogP contribution is 2.15. The van der Waals surface area contributed by atoms with Crippen LogP contribution in [0.5, 0.6) is 0 Å². The monoisotopic (exact) mass is 189 g/mol. The van der Waals surface area contributed by atoms with Crippen LogP contribution in [0.1, 0.15) is 12.8 Å². The van der Waals surface area contributed by atoms with E-state index >= 15 is 0 Å². The normalized spacial score (nSPS) is 14.9. The van der Waals surface area contributed by atoms with Crippen LogP contribution in [0.3, 0.4) is 0 Å². The van der Waals surface area contributed by atoms with E-state index in [2.05, 4.69) is 5.92 Å². The Morgan fingerprint density at radius 1 is 1.54 bits per heavy atom. The lowest BCUT2D eigenvalue weighted by atomic mass is 9.98. The van der Waals surface area contributed by atoms with Crippen molar-refractivity contribution in [2.24, 2.45) is 0 Å². The maximum absolute atomic E-state index is 12.0. The lowest BCUT2D eigenvalue weighted by Crippen LogP contribution is -2.35. The van der Waals surface area contributed by atoms with Crippen molar-refractivity contribution in [3.8, 4) is 12.3 Å². The summed E-state index contributed by atoms with van der Waals surface area (Å²) in [5.74, 6) is 2.26. The van der Waals surface area contributed by atoms with Gasteiger partial charge in [-0.2, -0.15) is 0 Å². The number of hydrogen-bond acceptors (Lipinski definition) is 3. The number of terminal acetylenes is 1. The summed E-state index contributed by atoms with van der Waals surface area (Å²) in [6.07, 6.45) is 5.03. The van der Waals surface area contributed by atoms with Crippen molar-refractivity contribution in [1.29, 1.82) is 0 Å². The fourth-order valence-corrected chi connectivity index (χ4v) is 0.904. The molecule has 0 aromatic heterocycles. The number of rotatable bonds is 7. The Balaban J connectivity index is 3.85. The van der Waals surface area contributed by atoms with Gasteiger partial charge in [-0.15, -0.1) is 12.3 Å². The molecule has 3 nitrogen and oxygen atoms in total. The van der Waals surface area contributed by atoms with Crippen LogP contribution in [0.15, 0.2) is 0 Å². The van der Waals surface area contributed by atoms with E-state index in [-0.39, 0.29) is 32.7 Å². The van der Waals surface area contributed by atoms with E-state index in [1.54, 1.807) is 0 Å². The fourth-order valence-electron chi connectivity index (χ4n) is 0.904. The van der Waals surface area contributed by atoms with Crippen LogP contribution in [0, 0.1) is 12.3 Å². The first-order valence-corrected chi connectivity index (χ1v) is 4.09. The molecule has 13 heavy (non-hydrogen) atoms. The van der Waals surface area contributed by atoms with Crippen LogP contribution in [-0.2, 0) is 4.74 Å². The van der Waals surface area contributed by atoms with Gasteiger partial charge in [0.25, 0.3) is 0 Å². The van der Waals surface area contributed by atoms with Gasteiger partial charge in [-0.05, 0) is 0 Å². The lowest BCUT2D eigenvalue weighted by Gasteiger charge is -2.24. The molecule has 0 rings (SSSR count). The smallest absolute Gasteiger partial charge is 0.101 e. The molecule has 1 unspecified atom stereocenters. The first-order chi connectivity index (χ1) is 6.18. The molecule has 0 amide bonds. The van der Waals surface area contributed by atoms with Gasteiger partial charge in [0, 0.05) is 12.8 Å². The summed E-state index contributed by atoms with van der Waals surface area (Å²) < 4.78 is 16.9. The summed E-state index contributed by atoms with van der Waals surface area (Å²) in [6.45, 7) is -0.677. The van der Waals surface area contributed by atoms with Crippen LogP contribution in [0.2, 0.25) is 0 Å². The van der Waals surface area contributed by atoms with Crippen molar-refractivity contribution in [3.05, 3.63) is 0 Å². The summed E-state index contributed by atoms with van der Waals surface area (Å²) in [5.41, 5.74) is -1.29. The van der Waals surface area contributed by atoms with Crippen molar-refractivity contribution in [2.45, 2.75) is 18.4 Å². The average molecular weight is 189 g/mol. The number of halogens is 1. The summed E-state index contributed by atoms with van der Waals surface area (Å²) in [5, 5.41) is 18.1. The second-order valence-electron chi connectivity index (χ2n) is 2.82. The quantitative estimate of drug-likeness (QED) is 0.441. The number of aliphatic hydroxyl groups excluding tert-OH is 1. The van der Waals surface area contributed by atoms with E-state index in [0.717, 1.165) is 0 Å². The molecular formula is C9H15FO3. The summed E-state index contributed by atoms with van der Waals surface area (Å²) >= 11 is 0. The Morgan fingerprint density at radius 3 is 2.69 bits per heavy atom. The van der Waals surface area contributed by atoms with Crippen LogP contribution in [0.4, 0.5) is 4.39 Å². The molecule has 0 saturated heterocycles. The Morgan fingerprint density at radius 2 is 2.23 bits per heavy atom. The van der Waals surface area contributed by atoms with Crippen molar-refractivity contribution in [3.63, 3.8) is 0 Å². The highest BCUT2D eigenvalue weighted by atomic mass is 18.2. The second kappa shape index (κ2) is 6.84. The standard InChI is InChI=1S/C9H15FO3/c1-2-3-9(12,4-5-10)8-13-7-6-11/h1,11-12H,3-8H2/i10-1. The topological polar surface area (TPSA) is 49.7 Å². The van der Waals surface area contributed by atoms with Crippen molar-refractivity contribution in [2.75, 3.05) is 26.5 Å². The third-order valence-electron chi connectivity index (χ3n) is 1.60. The van der Waals surface area contributed by atoms with Gasteiger partial charge >= 0.3 is 0 Å². The zero-order valence-electron chi connectivity index (χ0n) is 7.50. The zero-order valence-corrected chi connectivity index (χ0v) is 7.50. The van der Waals surface area contributed by atoms with Gasteiger partial charge in [0.2, 0.25) is 0 Å². The fraction of sp³-hybridized carbons (Fsp3) is 0.778. The molecule has 2 N–H and O–H groups in total.